The number of carbonyl (C=O) groups is 2. The molecule has 1 N–H and O–H groups in total. The van der Waals surface area contributed by atoms with Crippen LogP contribution >= 0.6 is 0 Å². The predicted molar refractivity (Wildman–Crippen MR) is 100 cm³/mol. The number of aryl methyl sites for hydroxylation is 1. The molecule has 0 aliphatic rings. The summed E-state index contributed by atoms with van der Waals surface area (Å²) in [6, 6.07) is 19.8. The third-order valence-electron chi connectivity index (χ3n) is 4.28. The van der Waals surface area contributed by atoms with Gasteiger partial charge in [-0.05, 0) is 30.9 Å². The van der Waals surface area contributed by atoms with E-state index in [0.29, 0.717) is 6.54 Å². The molecule has 1 atom stereocenters. The Morgan fingerprint density at radius 1 is 1.00 bits per heavy atom. The summed E-state index contributed by atoms with van der Waals surface area (Å²) in [5, 5.41) is 2.91. The van der Waals surface area contributed by atoms with Crippen molar-refractivity contribution in [3.05, 3.63) is 71.8 Å². The molecule has 2 rings (SSSR count). The zero-order chi connectivity index (χ0) is 18.1. The van der Waals surface area contributed by atoms with Crippen molar-refractivity contribution in [3.63, 3.8) is 0 Å². The molecule has 2 aromatic carbocycles. The van der Waals surface area contributed by atoms with E-state index in [0.717, 1.165) is 18.4 Å². The van der Waals surface area contributed by atoms with E-state index >= 15 is 0 Å². The predicted octanol–water partition coefficient (Wildman–Crippen LogP) is 3.35. The van der Waals surface area contributed by atoms with Crippen LogP contribution in [-0.2, 0) is 16.0 Å². The molecule has 1 unspecified atom stereocenters. The molecule has 0 heterocycles. The largest absolute Gasteiger partial charge is 0.355 e. The van der Waals surface area contributed by atoms with Crippen LogP contribution in [0.2, 0.25) is 0 Å². The van der Waals surface area contributed by atoms with Crippen molar-refractivity contribution in [2.24, 2.45) is 0 Å². The molecule has 132 valence electrons. The van der Waals surface area contributed by atoms with Crippen molar-refractivity contribution >= 4 is 11.8 Å². The SMILES string of the molecule is CC(=O)N(CC(=O)NCCCc1ccccc1)C(C)c1ccccc1. The Kier molecular flexibility index (Phi) is 7.20. The average Bonchev–Trinajstić information content (AvgIpc) is 2.64. The summed E-state index contributed by atoms with van der Waals surface area (Å²) in [5.74, 6) is -0.221. The molecule has 0 aliphatic heterocycles. The van der Waals surface area contributed by atoms with Crippen molar-refractivity contribution in [2.45, 2.75) is 32.7 Å². The molecule has 0 spiro atoms. The summed E-state index contributed by atoms with van der Waals surface area (Å²) in [6.45, 7) is 4.14. The van der Waals surface area contributed by atoms with Gasteiger partial charge < -0.3 is 10.2 Å². The van der Waals surface area contributed by atoms with Crippen LogP contribution in [0.4, 0.5) is 0 Å². The van der Waals surface area contributed by atoms with E-state index in [1.807, 2.05) is 55.5 Å². The second kappa shape index (κ2) is 9.62. The number of amides is 2. The molecule has 4 heteroatoms. The fraction of sp³-hybridized carbons (Fsp3) is 0.333. The van der Waals surface area contributed by atoms with Crippen LogP contribution in [0.5, 0.6) is 0 Å². The van der Waals surface area contributed by atoms with Crippen LogP contribution in [0.25, 0.3) is 0 Å². The molecule has 0 saturated heterocycles. The third-order valence-corrected chi connectivity index (χ3v) is 4.28. The minimum absolute atomic E-state index is 0.0801. The number of benzene rings is 2. The number of nitrogens with zero attached hydrogens (tertiary/aromatic N) is 1. The first kappa shape index (κ1) is 18.7. The maximum absolute atomic E-state index is 12.2. The highest BCUT2D eigenvalue weighted by atomic mass is 16.2. The second-order valence-electron chi connectivity index (χ2n) is 6.17. The average molecular weight is 338 g/mol. The summed E-state index contributed by atoms with van der Waals surface area (Å²) in [5.41, 5.74) is 2.29. The van der Waals surface area contributed by atoms with Crippen molar-refractivity contribution in [3.8, 4) is 0 Å². The summed E-state index contributed by atoms with van der Waals surface area (Å²) in [6.07, 6.45) is 1.81. The number of hydrogen-bond acceptors (Lipinski definition) is 2. The summed E-state index contributed by atoms with van der Waals surface area (Å²) in [7, 11) is 0. The molecule has 0 bridgehead atoms. The van der Waals surface area contributed by atoms with E-state index in [4.69, 9.17) is 0 Å². The lowest BCUT2D eigenvalue weighted by Gasteiger charge is -2.28. The van der Waals surface area contributed by atoms with Gasteiger partial charge in [-0.2, -0.15) is 0 Å². The summed E-state index contributed by atoms with van der Waals surface area (Å²) < 4.78 is 0. The molecule has 0 aromatic heterocycles. The Bertz CT molecular complexity index is 671. The van der Waals surface area contributed by atoms with Crippen LogP contribution in [0, 0.1) is 0 Å². The van der Waals surface area contributed by atoms with Crippen LogP contribution < -0.4 is 5.32 Å². The number of hydrogen-bond donors (Lipinski definition) is 1. The van der Waals surface area contributed by atoms with Crippen LogP contribution in [0.15, 0.2) is 60.7 Å². The third kappa shape index (κ3) is 6.07. The minimum atomic E-state index is -0.131. The Labute approximate surface area is 149 Å². The van der Waals surface area contributed by atoms with E-state index in [1.165, 1.54) is 12.5 Å². The van der Waals surface area contributed by atoms with E-state index in [-0.39, 0.29) is 24.4 Å². The lowest BCUT2D eigenvalue weighted by atomic mass is 10.1. The maximum atomic E-state index is 12.2. The van der Waals surface area contributed by atoms with E-state index in [9.17, 15) is 9.59 Å². The van der Waals surface area contributed by atoms with Crippen LogP contribution in [0.3, 0.4) is 0 Å². The highest BCUT2D eigenvalue weighted by Gasteiger charge is 2.20. The zero-order valence-electron chi connectivity index (χ0n) is 14.9. The Hall–Kier alpha value is -2.62. The molecule has 25 heavy (non-hydrogen) atoms. The lowest BCUT2D eigenvalue weighted by Crippen LogP contribution is -2.41. The van der Waals surface area contributed by atoms with Gasteiger partial charge in [0, 0.05) is 13.5 Å². The van der Waals surface area contributed by atoms with Gasteiger partial charge >= 0.3 is 0 Å². The number of carbonyl (C=O) groups excluding carboxylic acids is 2. The first-order valence-electron chi connectivity index (χ1n) is 8.70. The Morgan fingerprint density at radius 3 is 2.20 bits per heavy atom. The molecular weight excluding hydrogens is 312 g/mol. The second-order valence-corrected chi connectivity index (χ2v) is 6.17. The van der Waals surface area contributed by atoms with E-state index in [1.54, 1.807) is 4.90 Å². The highest BCUT2D eigenvalue weighted by Crippen LogP contribution is 2.19. The minimum Gasteiger partial charge on any atom is -0.355 e. The van der Waals surface area contributed by atoms with Gasteiger partial charge in [0.15, 0.2) is 0 Å². The maximum Gasteiger partial charge on any atom is 0.239 e. The molecule has 2 aromatic rings. The molecule has 2 amide bonds. The normalized spacial score (nSPS) is 11.6. The van der Waals surface area contributed by atoms with Crippen molar-refractivity contribution < 1.29 is 9.59 Å². The zero-order valence-corrected chi connectivity index (χ0v) is 14.9. The summed E-state index contributed by atoms with van der Waals surface area (Å²) in [4.78, 5) is 25.8. The van der Waals surface area contributed by atoms with Gasteiger partial charge in [0.25, 0.3) is 0 Å². The molecule has 0 saturated carbocycles. The van der Waals surface area contributed by atoms with Crippen molar-refractivity contribution in [1.82, 2.24) is 10.2 Å². The highest BCUT2D eigenvalue weighted by molar-refractivity contribution is 5.84. The molecule has 0 fully saturated rings. The topological polar surface area (TPSA) is 49.4 Å². The molecular formula is C21H26N2O2. The van der Waals surface area contributed by atoms with Gasteiger partial charge in [-0.1, -0.05) is 60.7 Å². The van der Waals surface area contributed by atoms with Crippen molar-refractivity contribution in [2.75, 3.05) is 13.1 Å². The molecule has 0 aliphatic carbocycles. The fourth-order valence-corrected chi connectivity index (χ4v) is 2.81. The smallest absolute Gasteiger partial charge is 0.239 e. The molecule has 4 nitrogen and oxygen atoms in total. The van der Waals surface area contributed by atoms with Crippen LogP contribution in [-0.4, -0.2) is 29.8 Å². The first-order valence-corrected chi connectivity index (χ1v) is 8.70. The van der Waals surface area contributed by atoms with Gasteiger partial charge in [0.05, 0.1) is 6.04 Å². The van der Waals surface area contributed by atoms with Gasteiger partial charge in [0.2, 0.25) is 11.8 Å². The lowest BCUT2D eigenvalue weighted by molar-refractivity contribution is -0.136. The van der Waals surface area contributed by atoms with E-state index in [2.05, 4.69) is 17.4 Å². The Balaban J connectivity index is 1.81. The number of nitrogens with one attached hydrogen (secondary N) is 1. The first-order chi connectivity index (χ1) is 12.1. The Morgan fingerprint density at radius 2 is 1.60 bits per heavy atom. The van der Waals surface area contributed by atoms with Crippen molar-refractivity contribution in [1.29, 1.82) is 0 Å². The van der Waals surface area contributed by atoms with Gasteiger partial charge in [-0.3, -0.25) is 9.59 Å². The fourth-order valence-electron chi connectivity index (χ4n) is 2.81. The van der Waals surface area contributed by atoms with E-state index < -0.39 is 0 Å². The monoisotopic (exact) mass is 338 g/mol. The number of rotatable bonds is 8. The van der Waals surface area contributed by atoms with Gasteiger partial charge in [-0.25, -0.2) is 0 Å². The van der Waals surface area contributed by atoms with Gasteiger partial charge in [0.1, 0.15) is 6.54 Å². The summed E-state index contributed by atoms with van der Waals surface area (Å²) >= 11 is 0. The van der Waals surface area contributed by atoms with Crippen LogP contribution in [0.1, 0.15) is 37.4 Å². The van der Waals surface area contributed by atoms with Gasteiger partial charge in [-0.15, -0.1) is 0 Å². The quantitative estimate of drug-likeness (QED) is 0.751. The molecule has 0 radical (unpaired) electrons. The standard InChI is InChI=1S/C21H26N2O2/c1-17(20-13-7-4-8-14-20)23(18(2)24)16-21(25)22-15-9-12-19-10-5-3-6-11-19/h3-8,10-11,13-14,17H,9,12,15-16H2,1-2H3,(H,22,25).